The van der Waals surface area contributed by atoms with Crippen molar-refractivity contribution in [2.45, 2.75) is 13.1 Å². The highest BCUT2D eigenvalue weighted by molar-refractivity contribution is 14.0. The van der Waals surface area contributed by atoms with Crippen molar-refractivity contribution in [1.82, 2.24) is 15.2 Å². The molecule has 0 atom stereocenters. The Balaban J connectivity index is 0.00000288. The maximum Gasteiger partial charge on any atom is 0.212 e. The van der Waals surface area contributed by atoms with Crippen LogP contribution in [-0.2, 0) is 13.1 Å². The largest absolute Gasteiger partial charge is 0.481 e. The number of nitrogens with one attached hydrogen (secondary N) is 1. The number of guanidine groups is 1. The Morgan fingerprint density at radius 1 is 1.29 bits per heavy atom. The van der Waals surface area contributed by atoms with E-state index >= 15 is 0 Å². The van der Waals surface area contributed by atoms with Crippen LogP contribution in [0.25, 0.3) is 0 Å². The molecule has 0 spiro atoms. The van der Waals surface area contributed by atoms with E-state index in [4.69, 9.17) is 16.3 Å². The van der Waals surface area contributed by atoms with Crippen molar-refractivity contribution in [2.24, 2.45) is 4.99 Å². The zero-order valence-corrected chi connectivity index (χ0v) is 17.1. The van der Waals surface area contributed by atoms with Crippen molar-refractivity contribution >= 4 is 41.5 Å². The molecule has 1 aromatic heterocycles. The van der Waals surface area contributed by atoms with Gasteiger partial charge in [0, 0.05) is 44.5 Å². The standard InChI is InChI=1S/C17H21ClN4O.HI/c1-19-17(21-11-13-8-9-16(23-3)20-10-13)22(2)12-14-6-4-5-7-15(14)18;/h4-10H,11-12H2,1-3H3,(H,19,21);1H. The molecule has 0 fully saturated rings. The van der Waals surface area contributed by atoms with E-state index in [1.54, 1.807) is 20.4 Å². The van der Waals surface area contributed by atoms with Gasteiger partial charge in [-0.25, -0.2) is 4.98 Å². The summed E-state index contributed by atoms with van der Waals surface area (Å²) in [6, 6.07) is 11.6. The van der Waals surface area contributed by atoms with Gasteiger partial charge in [0.15, 0.2) is 5.96 Å². The van der Waals surface area contributed by atoms with Gasteiger partial charge < -0.3 is 15.0 Å². The van der Waals surface area contributed by atoms with E-state index in [0.717, 1.165) is 22.1 Å². The molecule has 0 aliphatic rings. The van der Waals surface area contributed by atoms with Gasteiger partial charge in [0.25, 0.3) is 0 Å². The lowest BCUT2D eigenvalue weighted by molar-refractivity contribution is 0.397. The topological polar surface area (TPSA) is 49.8 Å². The number of aromatic nitrogens is 1. The first-order valence-electron chi connectivity index (χ1n) is 7.28. The Labute approximate surface area is 165 Å². The number of hydrogen-bond donors (Lipinski definition) is 1. The highest BCUT2D eigenvalue weighted by Crippen LogP contribution is 2.16. The Kier molecular flexibility index (Phi) is 8.84. The molecule has 0 unspecified atom stereocenters. The molecule has 0 aliphatic heterocycles. The minimum Gasteiger partial charge on any atom is -0.481 e. The highest BCUT2D eigenvalue weighted by Gasteiger charge is 2.08. The predicted octanol–water partition coefficient (Wildman–Crippen LogP) is 3.57. The third kappa shape index (κ3) is 5.83. The first-order valence-corrected chi connectivity index (χ1v) is 7.66. The van der Waals surface area contributed by atoms with E-state index in [-0.39, 0.29) is 24.0 Å². The molecule has 2 aromatic rings. The van der Waals surface area contributed by atoms with Crippen LogP contribution in [0.4, 0.5) is 0 Å². The van der Waals surface area contributed by atoms with Crippen molar-refractivity contribution in [3.63, 3.8) is 0 Å². The number of hydrogen-bond acceptors (Lipinski definition) is 3. The van der Waals surface area contributed by atoms with Gasteiger partial charge in [-0.1, -0.05) is 35.9 Å². The fourth-order valence-corrected chi connectivity index (χ4v) is 2.35. The maximum atomic E-state index is 6.21. The third-order valence-corrected chi connectivity index (χ3v) is 3.76. The fraction of sp³-hybridized carbons (Fsp3) is 0.294. The Bertz CT molecular complexity index is 664. The lowest BCUT2D eigenvalue weighted by atomic mass is 10.2. The monoisotopic (exact) mass is 460 g/mol. The fourth-order valence-electron chi connectivity index (χ4n) is 2.16. The first-order chi connectivity index (χ1) is 11.1. The first kappa shape index (κ1) is 20.5. The zero-order chi connectivity index (χ0) is 16.7. The van der Waals surface area contributed by atoms with E-state index in [9.17, 15) is 0 Å². The second-order valence-corrected chi connectivity index (χ2v) is 5.46. The van der Waals surface area contributed by atoms with Gasteiger partial charge in [-0.2, -0.15) is 0 Å². The summed E-state index contributed by atoms with van der Waals surface area (Å²) in [5.41, 5.74) is 2.11. The van der Waals surface area contributed by atoms with Crippen LogP contribution < -0.4 is 10.1 Å². The molecule has 0 radical (unpaired) electrons. The number of halogens is 2. The van der Waals surface area contributed by atoms with Gasteiger partial charge in [0.1, 0.15) is 0 Å². The zero-order valence-electron chi connectivity index (χ0n) is 14.0. The molecular formula is C17H22ClIN4O. The van der Waals surface area contributed by atoms with Gasteiger partial charge in [0.2, 0.25) is 5.88 Å². The lowest BCUT2D eigenvalue weighted by Crippen LogP contribution is -2.38. The second kappa shape index (κ2) is 10.4. The van der Waals surface area contributed by atoms with Crippen LogP contribution >= 0.6 is 35.6 Å². The molecule has 5 nitrogen and oxygen atoms in total. The average Bonchev–Trinajstić information content (AvgIpc) is 2.58. The van der Waals surface area contributed by atoms with Crippen molar-refractivity contribution in [3.05, 3.63) is 58.7 Å². The molecule has 0 saturated carbocycles. The SMILES string of the molecule is CN=C(NCc1ccc(OC)nc1)N(C)Cc1ccccc1Cl.I. The summed E-state index contributed by atoms with van der Waals surface area (Å²) in [5, 5.41) is 4.07. The molecule has 24 heavy (non-hydrogen) atoms. The van der Waals surface area contributed by atoms with Gasteiger partial charge in [-0.15, -0.1) is 24.0 Å². The van der Waals surface area contributed by atoms with Crippen molar-refractivity contribution < 1.29 is 4.74 Å². The number of ether oxygens (including phenoxy) is 1. The molecule has 1 N–H and O–H groups in total. The number of nitrogens with zero attached hydrogens (tertiary/aromatic N) is 3. The number of pyridine rings is 1. The molecule has 0 amide bonds. The summed E-state index contributed by atoms with van der Waals surface area (Å²) in [6.45, 7) is 1.32. The number of aliphatic imine (C=N–C) groups is 1. The molecule has 0 aliphatic carbocycles. The normalized spacial score (nSPS) is 10.8. The summed E-state index contributed by atoms with van der Waals surface area (Å²) in [6.07, 6.45) is 1.78. The number of methoxy groups -OCH3 is 1. The van der Waals surface area contributed by atoms with Gasteiger partial charge in [0.05, 0.1) is 7.11 Å². The molecule has 1 heterocycles. The van der Waals surface area contributed by atoms with Crippen LogP contribution in [-0.4, -0.2) is 37.0 Å². The molecule has 0 bridgehead atoms. The van der Waals surface area contributed by atoms with Gasteiger partial charge in [-0.05, 0) is 17.2 Å². The summed E-state index contributed by atoms with van der Waals surface area (Å²) < 4.78 is 5.06. The second-order valence-electron chi connectivity index (χ2n) is 5.06. The minimum atomic E-state index is 0. The molecule has 2 rings (SSSR count). The molecule has 7 heteroatoms. The maximum absolute atomic E-state index is 6.21. The van der Waals surface area contributed by atoms with Gasteiger partial charge in [-0.3, -0.25) is 4.99 Å². The van der Waals surface area contributed by atoms with E-state index in [1.165, 1.54) is 0 Å². The van der Waals surface area contributed by atoms with Crippen LogP contribution in [0.1, 0.15) is 11.1 Å². The van der Waals surface area contributed by atoms with Crippen LogP contribution in [0.15, 0.2) is 47.6 Å². The Morgan fingerprint density at radius 3 is 2.62 bits per heavy atom. The summed E-state index contributed by atoms with van der Waals surface area (Å²) in [4.78, 5) is 10.5. The van der Waals surface area contributed by atoms with Gasteiger partial charge >= 0.3 is 0 Å². The number of benzene rings is 1. The van der Waals surface area contributed by atoms with E-state index in [2.05, 4.69) is 15.3 Å². The minimum absolute atomic E-state index is 0. The summed E-state index contributed by atoms with van der Waals surface area (Å²) >= 11 is 6.21. The van der Waals surface area contributed by atoms with Crippen LogP contribution in [0, 0.1) is 0 Å². The lowest BCUT2D eigenvalue weighted by Gasteiger charge is -2.22. The predicted molar refractivity (Wildman–Crippen MR) is 109 cm³/mol. The summed E-state index contributed by atoms with van der Waals surface area (Å²) in [7, 11) is 5.34. The van der Waals surface area contributed by atoms with Crippen molar-refractivity contribution in [3.8, 4) is 5.88 Å². The Morgan fingerprint density at radius 2 is 2.04 bits per heavy atom. The van der Waals surface area contributed by atoms with Crippen LogP contribution in [0.2, 0.25) is 5.02 Å². The third-order valence-electron chi connectivity index (χ3n) is 3.40. The molecule has 1 aromatic carbocycles. The average molecular weight is 461 g/mol. The van der Waals surface area contributed by atoms with Crippen molar-refractivity contribution in [2.75, 3.05) is 21.2 Å². The van der Waals surface area contributed by atoms with Crippen LogP contribution in [0.5, 0.6) is 5.88 Å². The molecular weight excluding hydrogens is 439 g/mol. The van der Waals surface area contributed by atoms with Crippen LogP contribution in [0.3, 0.4) is 0 Å². The highest BCUT2D eigenvalue weighted by atomic mass is 127. The molecule has 130 valence electrons. The van der Waals surface area contributed by atoms with E-state index in [0.29, 0.717) is 19.0 Å². The Hall–Kier alpha value is -1.54. The van der Waals surface area contributed by atoms with E-state index in [1.807, 2.05) is 48.3 Å². The molecule has 0 saturated heterocycles. The van der Waals surface area contributed by atoms with E-state index < -0.39 is 0 Å². The number of rotatable bonds is 5. The van der Waals surface area contributed by atoms with Crippen molar-refractivity contribution in [1.29, 1.82) is 0 Å². The quantitative estimate of drug-likeness (QED) is 0.421. The summed E-state index contributed by atoms with van der Waals surface area (Å²) in [5.74, 6) is 1.40. The smallest absolute Gasteiger partial charge is 0.212 e.